The Kier molecular flexibility index (Phi) is 2.13. The van der Waals surface area contributed by atoms with E-state index in [4.69, 9.17) is 0 Å². The second-order valence-corrected chi connectivity index (χ2v) is 5.25. The molecule has 0 amide bonds. The molecule has 0 saturated heterocycles. The largest absolute Gasteiger partial charge is 0.294 e. The van der Waals surface area contributed by atoms with Crippen LogP contribution in [0.3, 0.4) is 0 Å². The Labute approximate surface area is 94.7 Å². The molecule has 0 radical (unpaired) electrons. The molecule has 2 saturated carbocycles. The number of Topliss-reactive ketones (excluding diaryl/α,β-unsaturated/α-hetero) is 1. The monoisotopic (exact) mass is 218 g/mol. The van der Waals surface area contributed by atoms with Gasteiger partial charge in [-0.15, -0.1) is 0 Å². The topological polar surface area (TPSA) is 17.1 Å². The Balaban J connectivity index is 1.83. The summed E-state index contributed by atoms with van der Waals surface area (Å²) in [6.45, 7) is 1.81. The summed E-state index contributed by atoms with van der Waals surface area (Å²) in [5, 5.41) is 0. The Hall–Kier alpha value is -1.18. The molecule has 1 aromatic rings. The van der Waals surface area contributed by atoms with Gasteiger partial charge in [0.05, 0.1) is 0 Å². The molecule has 0 heterocycles. The van der Waals surface area contributed by atoms with Crippen molar-refractivity contribution in [2.45, 2.75) is 26.2 Å². The first kappa shape index (κ1) is 10.0. The molecule has 2 unspecified atom stereocenters. The number of hydrogen-bond acceptors (Lipinski definition) is 1. The Bertz CT molecular complexity index is 442. The van der Waals surface area contributed by atoms with E-state index >= 15 is 0 Å². The summed E-state index contributed by atoms with van der Waals surface area (Å²) in [7, 11) is 0. The Morgan fingerprint density at radius 2 is 1.94 bits per heavy atom. The van der Waals surface area contributed by atoms with Crippen molar-refractivity contribution in [1.82, 2.24) is 0 Å². The highest BCUT2D eigenvalue weighted by atomic mass is 19.1. The van der Waals surface area contributed by atoms with Gasteiger partial charge in [-0.2, -0.15) is 0 Å². The maximum Gasteiger partial charge on any atom is 0.166 e. The SMILES string of the molecule is Cc1cc(F)ccc1C(=O)C1CC2CC2C1. The quantitative estimate of drug-likeness (QED) is 0.695. The molecular formula is C14H15FO. The lowest BCUT2D eigenvalue weighted by Gasteiger charge is -2.12. The van der Waals surface area contributed by atoms with Gasteiger partial charge in [-0.3, -0.25) is 4.79 Å². The van der Waals surface area contributed by atoms with Crippen LogP contribution >= 0.6 is 0 Å². The van der Waals surface area contributed by atoms with Gasteiger partial charge >= 0.3 is 0 Å². The first-order valence-corrected chi connectivity index (χ1v) is 5.95. The summed E-state index contributed by atoms with van der Waals surface area (Å²) in [6, 6.07) is 4.47. The van der Waals surface area contributed by atoms with Crippen LogP contribution < -0.4 is 0 Å². The van der Waals surface area contributed by atoms with Gasteiger partial charge in [-0.25, -0.2) is 4.39 Å². The minimum Gasteiger partial charge on any atom is -0.294 e. The second kappa shape index (κ2) is 3.41. The van der Waals surface area contributed by atoms with Gasteiger partial charge in [0, 0.05) is 11.5 Å². The first-order valence-electron chi connectivity index (χ1n) is 5.95. The maximum absolute atomic E-state index is 12.9. The molecule has 2 heteroatoms. The number of carbonyl (C=O) groups excluding carboxylic acids is 1. The molecule has 2 aliphatic carbocycles. The lowest BCUT2D eigenvalue weighted by Crippen LogP contribution is -2.14. The molecule has 84 valence electrons. The summed E-state index contributed by atoms with van der Waals surface area (Å²) in [6.07, 6.45) is 3.44. The average Bonchev–Trinajstić information content (AvgIpc) is 2.85. The third kappa shape index (κ3) is 1.57. The number of ketones is 1. The highest BCUT2D eigenvalue weighted by Gasteiger charge is 2.48. The van der Waals surface area contributed by atoms with Gasteiger partial charge < -0.3 is 0 Å². The first-order chi connectivity index (χ1) is 7.65. The fourth-order valence-electron chi connectivity index (χ4n) is 3.05. The molecule has 0 bridgehead atoms. The van der Waals surface area contributed by atoms with Crippen LogP contribution in [-0.4, -0.2) is 5.78 Å². The third-order valence-corrected chi connectivity index (χ3v) is 4.07. The molecule has 2 aliphatic rings. The van der Waals surface area contributed by atoms with E-state index in [0.29, 0.717) is 5.56 Å². The zero-order valence-electron chi connectivity index (χ0n) is 9.37. The number of aryl methyl sites for hydroxylation is 1. The predicted octanol–water partition coefficient (Wildman–Crippen LogP) is 3.36. The van der Waals surface area contributed by atoms with Gasteiger partial charge in [0.15, 0.2) is 5.78 Å². The lowest BCUT2D eigenvalue weighted by molar-refractivity contribution is 0.0914. The lowest BCUT2D eigenvalue weighted by atomic mass is 9.91. The zero-order chi connectivity index (χ0) is 11.3. The van der Waals surface area contributed by atoms with E-state index in [2.05, 4.69) is 0 Å². The van der Waals surface area contributed by atoms with Crippen molar-refractivity contribution < 1.29 is 9.18 Å². The van der Waals surface area contributed by atoms with Crippen molar-refractivity contribution in [3.8, 4) is 0 Å². The van der Waals surface area contributed by atoms with E-state index in [9.17, 15) is 9.18 Å². The summed E-state index contributed by atoms with van der Waals surface area (Å²) < 4.78 is 12.9. The van der Waals surface area contributed by atoms with Crippen molar-refractivity contribution in [3.05, 3.63) is 35.1 Å². The average molecular weight is 218 g/mol. The summed E-state index contributed by atoms with van der Waals surface area (Å²) >= 11 is 0. The van der Waals surface area contributed by atoms with Crippen molar-refractivity contribution in [3.63, 3.8) is 0 Å². The van der Waals surface area contributed by atoms with E-state index in [-0.39, 0.29) is 17.5 Å². The van der Waals surface area contributed by atoms with Gasteiger partial charge in [-0.1, -0.05) is 0 Å². The molecule has 3 rings (SSSR count). The molecule has 0 spiro atoms. The number of benzene rings is 1. The number of carbonyl (C=O) groups is 1. The fourth-order valence-corrected chi connectivity index (χ4v) is 3.05. The number of fused-ring (bicyclic) bond motifs is 1. The van der Waals surface area contributed by atoms with Crippen LogP contribution in [0.25, 0.3) is 0 Å². The highest BCUT2D eigenvalue weighted by Crippen LogP contribution is 2.55. The minimum atomic E-state index is -0.261. The molecule has 2 fully saturated rings. The molecule has 0 aromatic heterocycles. The van der Waals surface area contributed by atoms with Gasteiger partial charge in [0.2, 0.25) is 0 Å². The smallest absolute Gasteiger partial charge is 0.166 e. The van der Waals surface area contributed by atoms with Crippen molar-refractivity contribution in [1.29, 1.82) is 0 Å². The summed E-state index contributed by atoms with van der Waals surface area (Å²) in [4.78, 5) is 12.2. The van der Waals surface area contributed by atoms with Crippen LogP contribution in [0.4, 0.5) is 4.39 Å². The minimum absolute atomic E-state index is 0.202. The molecular weight excluding hydrogens is 203 g/mol. The number of rotatable bonds is 2. The van der Waals surface area contributed by atoms with Crippen LogP contribution in [0, 0.1) is 30.5 Å². The number of halogens is 1. The van der Waals surface area contributed by atoms with E-state index < -0.39 is 0 Å². The molecule has 16 heavy (non-hydrogen) atoms. The van der Waals surface area contributed by atoms with Crippen molar-refractivity contribution >= 4 is 5.78 Å². The predicted molar refractivity (Wildman–Crippen MR) is 59.8 cm³/mol. The maximum atomic E-state index is 12.9. The van der Waals surface area contributed by atoms with Crippen molar-refractivity contribution in [2.24, 2.45) is 17.8 Å². The van der Waals surface area contributed by atoms with Crippen LogP contribution in [0.15, 0.2) is 18.2 Å². The van der Waals surface area contributed by atoms with Crippen LogP contribution in [0.5, 0.6) is 0 Å². The van der Waals surface area contributed by atoms with Gasteiger partial charge in [0.1, 0.15) is 5.82 Å². The highest BCUT2D eigenvalue weighted by molar-refractivity contribution is 5.99. The van der Waals surface area contributed by atoms with E-state index in [1.54, 1.807) is 6.07 Å². The number of hydrogen-bond donors (Lipinski definition) is 0. The van der Waals surface area contributed by atoms with Crippen LogP contribution in [0.1, 0.15) is 35.2 Å². The fraction of sp³-hybridized carbons (Fsp3) is 0.500. The van der Waals surface area contributed by atoms with Crippen LogP contribution in [0.2, 0.25) is 0 Å². The van der Waals surface area contributed by atoms with Gasteiger partial charge in [-0.05, 0) is 61.8 Å². The molecule has 0 aliphatic heterocycles. The zero-order valence-corrected chi connectivity index (χ0v) is 9.37. The third-order valence-electron chi connectivity index (χ3n) is 4.07. The molecule has 0 N–H and O–H groups in total. The summed E-state index contributed by atoms with van der Waals surface area (Å²) in [5.74, 6) is 1.80. The van der Waals surface area contributed by atoms with E-state index in [0.717, 1.165) is 30.2 Å². The Morgan fingerprint density at radius 3 is 2.56 bits per heavy atom. The second-order valence-electron chi connectivity index (χ2n) is 5.25. The van der Waals surface area contributed by atoms with Crippen LogP contribution in [-0.2, 0) is 0 Å². The molecule has 1 nitrogen and oxygen atoms in total. The Morgan fingerprint density at radius 1 is 1.25 bits per heavy atom. The molecule has 1 aromatic carbocycles. The standard InChI is InChI=1S/C14H15FO/c1-8-4-12(15)2-3-13(8)14(16)11-6-9-5-10(9)7-11/h2-4,9-11H,5-7H2,1H3. The van der Waals surface area contributed by atoms with E-state index in [1.165, 1.54) is 18.6 Å². The normalized spacial score (nSPS) is 31.2. The molecule has 2 atom stereocenters. The van der Waals surface area contributed by atoms with Crippen molar-refractivity contribution in [2.75, 3.05) is 0 Å². The summed E-state index contributed by atoms with van der Waals surface area (Å²) in [5.41, 5.74) is 1.48. The van der Waals surface area contributed by atoms with Gasteiger partial charge in [0.25, 0.3) is 0 Å². The van der Waals surface area contributed by atoms with E-state index in [1.807, 2.05) is 6.92 Å².